The Bertz CT molecular complexity index is 1020. The summed E-state index contributed by atoms with van der Waals surface area (Å²) in [5.74, 6) is 1.62. The molecule has 0 unspecified atom stereocenters. The van der Waals surface area contributed by atoms with Crippen molar-refractivity contribution in [3.8, 4) is 0 Å². The maximum atomic E-state index is 10.4. The molecular weight excluding hydrogens is 538 g/mol. The number of aliphatic carboxylic acids is 1. The maximum absolute atomic E-state index is 10.4. The van der Waals surface area contributed by atoms with Crippen LogP contribution in [-0.4, -0.2) is 60.8 Å². The monoisotopic (exact) mass is 570 g/mol. The highest BCUT2D eigenvalue weighted by Gasteiger charge is 2.07. The lowest BCUT2D eigenvalue weighted by Gasteiger charge is -2.23. The van der Waals surface area contributed by atoms with Crippen molar-refractivity contribution in [2.75, 3.05) is 59.5 Å². The minimum absolute atomic E-state index is 0.215. The van der Waals surface area contributed by atoms with Gasteiger partial charge in [0.25, 0.3) is 0 Å². The van der Waals surface area contributed by atoms with Crippen LogP contribution in [-0.2, 0) is 11.2 Å². The number of carbonyl (C=O) groups is 1. The van der Waals surface area contributed by atoms with Gasteiger partial charge in [0.2, 0.25) is 0 Å². The van der Waals surface area contributed by atoms with E-state index in [9.17, 15) is 4.79 Å². The topological polar surface area (TPSA) is 43.8 Å². The number of hydrogen-bond acceptors (Lipinski definition) is 3. The molecule has 1 N–H and O–H groups in total. The van der Waals surface area contributed by atoms with Gasteiger partial charge in [-0.05, 0) is 53.4 Å². The van der Waals surface area contributed by atoms with Crippen molar-refractivity contribution in [2.45, 2.75) is 19.3 Å². The van der Waals surface area contributed by atoms with Crippen molar-refractivity contribution in [3.63, 3.8) is 0 Å². The Morgan fingerprint density at radius 1 is 0.667 bits per heavy atom. The second kappa shape index (κ2) is 17.6. The van der Waals surface area contributed by atoms with E-state index >= 15 is 0 Å². The number of carboxylic acid groups (broad SMARTS) is 1. The Morgan fingerprint density at radius 3 is 1.69 bits per heavy atom. The number of anilines is 2. The second-order valence-corrected chi connectivity index (χ2v) is 9.69. The van der Waals surface area contributed by atoms with Crippen LogP contribution in [0.5, 0.6) is 0 Å². The van der Waals surface area contributed by atoms with Gasteiger partial charge in [0.1, 0.15) is 0 Å². The molecule has 3 rings (SSSR count). The fourth-order valence-electron chi connectivity index (χ4n) is 3.84. The highest BCUT2D eigenvalue weighted by molar-refractivity contribution is 6.19. The zero-order valence-electron chi connectivity index (χ0n) is 20.4. The molecule has 0 radical (unpaired) electrons. The number of fused-ring (bicyclic) bond motifs is 1. The third kappa shape index (κ3) is 10.6. The van der Waals surface area contributed by atoms with Crippen molar-refractivity contribution < 1.29 is 9.90 Å². The predicted molar refractivity (Wildman–Crippen MR) is 158 cm³/mol. The van der Waals surface area contributed by atoms with Crippen LogP contribution in [0.2, 0.25) is 0 Å². The summed E-state index contributed by atoms with van der Waals surface area (Å²) >= 11 is 23.2. The Balaban J connectivity index is 0.000000255. The second-order valence-electron chi connectivity index (χ2n) is 8.18. The molecule has 196 valence electrons. The lowest BCUT2D eigenvalue weighted by atomic mass is 10.1. The van der Waals surface area contributed by atoms with Gasteiger partial charge in [0.05, 0.1) is 0 Å². The van der Waals surface area contributed by atoms with Gasteiger partial charge in [-0.3, -0.25) is 4.79 Å². The summed E-state index contributed by atoms with van der Waals surface area (Å²) in [6.07, 6.45) is 1.67. The molecule has 0 aliphatic heterocycles. The van der Waals surface area contributed by atoms with Crippen LogP contribution in [0, 0.1) is 0 Å². The number of rotatable bonds is 14. The number of carboxylic acids is 1. The number of alkyl halides is 4. The average molecular weight is 572 g/mol. The summed E-state index contributed by atoms with van der Waals surface area (Å²) in [6, 6.07) is 22.9. The fourth-order valence-corrected chi connectivity index (χ4v) is 4.65. The molecule has 4 nitrogen and oxygen atoms in total. The first kappa shape index (κ1) is 30.4. The zero-order valence-corrected chi connectivity index (χ0v) is 23.4. The lowest BCUT2D eigenvalue weighted by molar-refractivity contribution is -0.137. The van der Waals surface area contributed by atoms with Gasteiger partial charge in [0.15, 0.2) is 0 Å². The largest absolute Gasteiger partial charge is 0.481 e. The highest BCUT2D eigenvalue weighted by atomic mass is 35.5. The Labute approximate surface area is 234 Å². The van der Waals surface area contributed by atoms with Gasteiger partial charge in [-0.15, -0.1) is 46.4 Å². The van der Waals surface area contributed by atoms with E-state index in [2.05, 4.69) is 52.3 Å². The maximum Gasteiger partial charge on any atom is 0.303 e. The van der Waals surface area contributed by atoms with Crippen LogP contribution in [0.1, 0.15) is 18.4 Å². The standard InChI is InChI=1S/C14H19Cl2NO2.C14H15Cl2N/c15-8-10-17(11-9-16)13-6-4-12(5-7-13)2-1-3-14(18)19;15-7-9-17(10-8-16)14-6-5-12-3-1-2-4-13(12)11-14/h4-7H,1-3,8-11H2,(H,18,19);1-6,11H,7-10H2. The highest BCUT2D eigenvalue weighted by Crippen LogP contribution is 2.22. The average Bonchev–Trinajstić information content (AvgIpc) is 2.89. The first-order valence-corrected chi connectivity index (χ1v) is 14.2. The zero-order chi connectivity index (χ0) is 26.2. The van der Waals surface area contributed by atoms with Crippen LogP contribution >= 0.6 is 46.4 Å². The molecule has 8 heteroatoms. The molecule has 0 saturated heterocycles. The van der Waals surface area contributed by atoms with E-state index in [4.69, 9.17) is 51.5 Å². The summed E-state index contributed by atoms with van der Waals surface area (Å²) in [6.45, 7) is 3.19. The van der Waals surface area contributed by atoms with Crippen molar-refractivity contribution in [1.82, 2.24) is 0 Å². The van der Waals surface area contributed by atoms with Gasteiger partial charge < -0.3 is 14.9 Å². The molecule has 3 aromatic carbocycles. The lowest BCUT2D eigenvalue weighted by Crippen LogP contribution is -2.27. The molecule has 0 spiro atoms. The number of hydrogen-bond donors (Lipinski definition) is 1. The molecule has 3 aromatic rings. The Kier molecular flexibility index (Phi) is 14.8. The quantitative estimate of drug-likeness (QED) is 0.203. The summed E-state index contributed by atoms with van der Waals surface area (Å²) in [5.41, 5.74) is 3.44. The summed E-state index contributed by atoms with van der Waals surface area (Å²) in [4.78, 5) is 14.8. The smallest absolute Gasteiger partial charge is 0.303 e. The number of nitrogens with zero attached hydrogens (tertiary/aromatic N) is 2. The molecule has 0 aromatic heterocycles. The normalized spacial score (nSPS) is 10.6. The molecule has 0 atom stereocenters. The summed E-state index contributed by atoms with van der Waals surface area (Å²) in [7, 11) is 0. The molecule has 0 bridgehead atoms. The van der Waals surface area contributed by atoms with Gasteiger partial charge in [-0.2, -0.15) is 0 Å². The fraction of sp³-hybridized carbons (Fsp3) is 0.393. The van der Waals surface area contributed by atoms with Gasteiger partial charge in [-0.1, -0.05) is 42.5 Å². The van der Waals surface area contributed by atoms with E-state index < -0.39 is 5.97 Å². The summed E-state index contributed by atoms with van der Waals surface area (Å²) < 4.78 is 0. The van der Waals surface area contributed by atoms with E-state index in [0.29, 0.717) is 29.9 Å². The first-order chi connectivity index (χ1) is 17.5. The van der Waals surface area contributed by atoms with E-state index in [1.165, 1.54) is 16.5 Å². The summed E-state index contributed by atoms with van der Waals surface area (Å²) in [5, 5.41) is 11.1. The first-order valence-electron chi connectivity index (χ1n) is 12.1. The number of aryl methyl sites for hydroxylation is 1. The van der Waals surface area contributed by atoms with Gasteiger partial charge >= 0.3 is 5.97 Å². The minimum Gasteiger partial charge on any atom is -0.481 e. The molecule has 0 fully saturated rings. The van der Waals surface area contributed by atoms with Gasteiger partial charge in [0, 0.05) is 67.5 Å². The molecule has 0 aliphatic rings. The number of benzene rings is 3. The van der Waals surface area contributed by atoms with E-state index in [1.807, 2.05) is 24.3 Å². The third-order valence-electron chi connectivity index (χ3n) is 5.67. The van der Waals surface area contributed by atoms with Crippen molar-refractivity contribution in [1.29, 1.82) is 0 Å². The molecule has 0 saturated carbocycles. The molecule has 0 amide bonds. The van der Waals surface area contributed by atoms with Crippen molar-refractivity contribution >= 4 is 74.5 Å². The Hall–Kier alpha value is -1.85. The predicted octanol–water partition coefficient (Wildman–Crippen LogP) is 7.50. The van der Waals surface area contributed by atoms with E-state index in [1.54, 1.807) is 0 Å². The van der Waals surface area contributed by atoms with Crippen molar-refractivity contribution in [3.05, 3.63) is 72.3 Å². The van der Waals surface area contributed by atoms with E-state index in [0.717, 1.165) is 43.9 Å². The van der Waals surface area contributed by atoms with Crippen LogP contribution < -0.4 is 9.80 Å². The molecule has 0 aliphatic carbocycles. The van der Waals surface area contributed by atoms with Crippen LogP contribution in [0.3, 0.4) is 0 Å². The van der Waals surface area contributed by atoms with Crippen LogP contribution in [0.4, 0.5) is 11.4 Å². The molecule has 0 heterocycles. The van der Waals surface area contributed by atoms with Crippen molar-refractivity contribution in [2.24, 2.45) is 0 Å². The molecular formula is C28H34Cl4N2O2. The van der Waals surface area contributed by atoms with Crippen LogP contribution in [0.25, 0.3) is 10.8 Å². The van der Waals surface area contributed by atoms with E-state index in [-0.39, 0.29) is 6.42 Å². The van der Waals surface area contributed by atoms with Gasteiger partial charge in [-0.25, -0.2) is 0 Å². The SMILES string of the molecule is ClCCN(CCCl)c1ccc2ccccc2c1.O=C(O)CCCc1ccc(N(CCCl)CCCl)cc1. The molecule has 36 heavy (non-hydrogen) atoms. The third-order valence-corrected chi connectivity index (χ3v) is 6.35. The van der Waals surface area contributed by atoms with Crippen LogP contribution in [0.15, 0.2) is 66.7 Å². The minimum atomic E-state index is -0.743. The Morgan fingerprint density at radius 2 is 1.17 bits per heavy atom. The number of halogens is 4.